The highest BCUT2D eigenvalue weighted by molar-refractivity contribution is 5.96. The number of carboxylic acid groups (broad SMARTS) is 1. The minimum atomic E-state index is -1.12. The smallest absolute Gasteiger partial charge is 0.322 e. The predicted octanol–water partition coefficient (Wildman–Crippen LogP) is 0.802. The number of urea groups is 1. The van der Waals surface area contributed by atoms with Gasteiger partial charge in [-0.3, -0.25) is 9.59 Å². The molecular weight excluding hydrogens is 274 g/mol. The molecule has 1 atom stereocenters. The van der Waals surface area contributed by atoms with Crippen LogP contribution in [0.1, 0.15) is 12.0 Å². The Hall–Kier alpha value is -2.57. The summed E-state index contributed by atoms with van der Waals surface area (Å²) in [6.07, 6.45) is -0.410. The first-order valence-electron chi connectivity index (χ1n) is 6.61. The van der Waals surface area contributed by atoms with Crippen LogP contribution in [0.15, 0.2) is 24.3 Å². The zero-order valence-corrected chi connectivity index (χ0v) is 11.6. The maximum Gasteiger partial charge on any atom is 0.322 e. The van der Waals surface area contributed by atoms with Gasteiger partial charge in [0.05, 0.1) is 6.42 Å². The van der Waals surface area contributed by atoms with E-state index in [2.05, 4.69) is 10.6 Å². The third-order valence-corrected chi connectivity index (χ3v) is 3.26. The lowest BCUT2D eigenvalue weighted by Gasteiger charge is -2.34. The summed E-state index contributed by atoms with van der Waals surface area (Å²) >= 11 is 0. The van der Waals surface area contributed by atoms with E-state index in [-0.39, 0.29) is 6.54 Å². The SMILES string of the molecule is Cc1ccc(NC(=O)N2CCNC(=O)C2CC(=O)O)cc1. The zero-order valence-electron chi connectivity index (χ0n) is 11.6. The molecule has 1 aliphatic heterocycles. The summed E-state index contributed by atoms with van der Waals surface area (Å²) in [6, 6.07) is 5.76. The molecular formula is C14H17N3O4. The number of nitrogens with zero attached hydrogens (tertiary/aromatic N) is 1. The number of benzene rings is 1. The van der Waals surface area contributed by atoms with Gasteiger partial charge < -0.3 is 20.6 Å². The third-order valence-electron chi connectivity index (χ3n) is 3.26. The fraction of sp³-hybridized carbons (Fsp3) is 0.357. The molecule has 1 aromatic carbocycles. The van der Waals surface area contributed by atoms with E-state index >= 15 is 0 Å². The van der Waals surface area contributed by atoms with Gasteiger partial charge in [0.2, 0.25) is 5.91 Å². The quantitative estimate of drug-likeness (QED) is 0.767. The van der Waals surface area contributed by atoms with Gasteiger partial charge in [0, 0.05) is 18.8 Å². The van der Waals surface area contributed by atoms with Gasteiger partial charge in [-0.1, -0.05) is 17.7 Å². The van der Waals surface area contributed by atoms with Crippen molar-refractivity contribution in [2.24, 2.45) is 0 Å². The zero-order chi connectivity index (χ0) is 15.4. The maximum atomic E-state index is 12.2. The highest BCUT2D eigenvalue weighted by atomic mass is 16.4. The number of carbonyl (C=O) groups excluding carboxylic acids is 2. The number of hydrogen-bond donors (Lipinski definition) is 3. The van der Waals surface area contributed by atoms with Crippen molar-refractivity contribution < 1.29 is 19.5 Å². The fourth-order valence-electron chi connectivity index (χ4n) is 2.16. The Morgan fingerprint density at radius 2 is 2.05 bits per heavy atom. The topological polar surface area (TPSA) is 98.7 Å². The lowest BCUT2D eigenvalue weighted by atomic mass is 10.1. The van der Waals surface area contributed by atoms with Crippen LogP contribution in [0.4, 0.5) is 10.5 Å². The highest BCUT2D eigenvalue weighted by Gasteiger charge is 2.34. The van der Waals surface area contributed by atoms with Gasteiger partial charge in [0.25, 0.3) is 0 Å². The lowest BCUT2D eigenvalue weighted by Crippen LogP contribution is -2.58. The average molecular weight is 291 g/mol. The lowest BCUT2D eigenvalue weighted by molar-refractivity contribution is -0.142. The first-order valence-corrected chi connectivity index (χ1v) is 6.61. The summed E-state index contributed by atoms with van der Waals surface area (Å²) in [4.78, 5) is 36.1. The van der Waals surface area contributed by atoms with Crippen LogP contribution < -0.4 is 10.6 Å². The van der Waals surface area contributed by atoms with Gasteiger partial charge in [-0.05, 0) is 19.1 Å². The Morgan fingerprint density at radius 1 is 1.38 bits per heavy atom. The van der Waals surface area contributed by atoms with Crippen molar-refractivity contribution in [2.75, 3.05) is 18.4 Å². The molecule has 21 heavy (non-hydrogen) atoms. The number of nitrogens with one attached hydrogen (secondary N) is 2. The normalized spacial score (nSPS) is 18.0. The second-order valence-electron chi connectivity index (χ2n) is 4.89. The van der Waals surface area contributed by atoms with Crippen LogP contribution in [0.3, 0.4) is 0 Å². The molecule has 1 heterocycles. The van der Waals surface area contributed by atoms with E-state index in [1.54, 1.807) is 12.1 Å². The van der Waals surface area contributed by atoms with Gasteiger partial charge in [-0.15, -0.1) is 0 Å². The molecule has 0 bridgehead atoms. The molecule has 1 aromatic rings. The number of rotatable bonds is 3. The molecule has 0 saturated carbocycles. The van der Waals surface area contributed by atoms with Crippen molar-refractivity contribution >= 4 is 23.6 Å². The third kappa shape index (κ3) is 3.71. The molecule has 0 radical (unpaired) electrons. The molecule has 7 nitrogen and oxygen atoms in total. The van der Waals surface area contributed by atoms with E-state index in [9.17, 15) is 14.4 Å². The van der Waals surface area contributed by atoms with Crippen molar-refractivity contribution in [1.29, 1.82) is 0 Å². The van der Waals surface area contributed by atoms with E-state index < -0.39 is 30.4 Å². The number of anilines is 1. The Morgan fingerprint density at radius 3 is 2.67 bits per heavy atom. The number of aliphatic carboxylic acids is 1. The standard InChI is InChI=1S/C14H17N3O4/c1-9-2-4-10(5-3-9)16-14(21)17-7-6-15-13(20)11(17)8-12(18)19/h2-5,11H,6-8H2,1H3,(H,15,20)(H,16,21)(H,18,19). The minimum Gasteiger partial charge on any atom is -0.481 e. The minimum absolute atomic E-state index is 0.279. The predicted molar refractivity (Wildman–Crippen MR) is 76.0 cm³/mol. The van der Waals surface area contributed by atoms with Crippen LogP contribution in [0.5, 0.6) is 0 Å². The number of hydrogen-bond acceptors (Lipinski definition) is 3. The Bertz CT molecular complexity index is 556. The highest BCUT2D eigenvalue weighted by Crippen LogP contribution is 2.14. The molecule has 7 heteroatoms. The second kappa shape index (κ2) is 6.25. The first kappa shape index (κ1) is 14.8. The van der Waals surface area contributed by atoms with Gasteiger partial charge in [0.1, 0.15) is 6.04 Å². The van der Waals surface area contributed by atoms with E-state index in [4.69, 9.17) is 5.11 Å². The summed E-state index contributed by atoms with van der Waals surface area (Å²) in [6.45, 7) is 2.53. The summed E-state index contributed by atoms with van der Waals surface area (Å²) in [5, 5.41) is 14.1. The molecule has 112 valence electrons. The van der Waals surface area contributed by atoms with Gasteiger partial charge in [-0.2, -0.15) is 0 Å². The Balaban J connectivity index is 2.09. The fourth-order valence-corrected chi connectivity index (χ4v) is 2.16. The first-order chi connectivity index (χ1) is 9.97. The average Bonchev–Trinajstić information content (AvgIpc) is 2.43. The molecule has 0 aliphatic carbocycles. The summed E-state index contributed by atoms with van der Waals surface area (Å²) in [5.74, 6) is -1.56. The largest absolute Gasteiger partial charge is 0.481 e. The number of piperazine rings is 1. The maximum absolute atomic E-state index is 12.2. The van der Waals surface area contributed by atoms with Crippen molar-refractivity contribution in [3.63, 3.8) is 0 Å². The van der Waals surface area contributed by atoms with E-state index in [0.29, 0.717) is 12.2 Å². The van der Waals surface area contributed by atoms with Crippen LogP contribution >= 0.6 is 0 Å². The van der Waals surface area contributed by atoms with E-state index in [0.717, 1.165) is 5.56 Å². The molecule has 2 rings (SSSR count). The molecule has 1 saturated heterocycles. The van der Waals surface area contributed by atoms with Gasteiger partial charge in [0.15, 0.2) is 0 Å². The number of amides is 3. The summed E-state index contributed by atoms with van der Waals surface area (Å²) < 4.78 is 0. The van der Waals surface area contributed by atoms with Crippen LogP contribution in [-0.4, -0.2) is 47.0 Å². The second-order valence-corrected chi connectivity index (χ2v) is 4.89. The Labute approximate surface area is 121 Å². The van der Waals surface area contributed by atoms with Crippen molar-refractivity contribution in [1.82, 2.24) is 10.2 Å². The van der Waals surface area contributed by atoms with Gasteiger partial charge >= 0.3 is 12.0 Å². The number of carbonyl (C=O) groups is 3. The summed E-state index contributed by atoms with van der Waals surface area (Å²) in [7, 11) is 0. The molecule has 3 amide bonds. The molecule has 1 unspecified atom stereocenters. The van der Waals surface area contributed by atoms with Crippen LogP contribution in [0.25, 0.3) is 0 Å². The molecule has 0 aromatic heterocycles. The van der Waals surface area contributed by atoms with Crippen LogP contribution in [0.2, 0.25) is 0 Å². The monoisotopic (exact) mass is 291 g/mol. The number of aryl methyl sites for hydroxylation is 1. The molecule has 1 aliphatic rings. The molecule has 3 N–H and O–H groups in total. The van der Waals surface area contributed by atoms with E-state index in [1.165, 1.54) is 4.90 Å². The summed E-state index contributed by atoms with van der Waals surface area (Å²) in [5.41, 5.74) is 1.67. The van der Waals surface area contributed by atoms with E-state index in [1.807, 2.05) is 19.1 Å². The Kier molecular flexibility index (Phi) is 4.42. The number of carboxylic acids is 1. The molecule has 0 spiro atoms. The van der Waals surface area contributed by atoms with Crippen LogP contribution in [-0.2, 0) is 9.59 Å². The van der Waals surface area contributed by atoms with Gasteiger partial charge in [-0.25, -0.2) is 4.79 Å². The van der Waals surface area contributed by atoms with Crippen LogP contribution in [0, 0.1) is 6.92 Å². The van der Waals surface area contributed by atoms with Crippen molar-refractivity contribution in [3.05, 3.63) is 29.8 Å². The van der Waals surface area contributed by atoms with Crippen molar-refractivity contribution in [3.8, 4) is 0 Å². The molecule has 1 fully saturated rings. The van der Waals surface area contributed by atoms with Crippen molar-refractivity contribution in [2.45, 2.75) is 19.4 Å².